The Morgan fingerprint density at radius 3 is 2.29 bits per heavy atom. The van der Waals surface area contributed by atoms with Gasteiger partial charge in [-0.2, -0.15) is 0 Å². The zero-order valence-corrected chi connectivity index (χ0v) is 17.3. The molecule has 152 valence electrons. The number of carbonyl (C=O) groups excluding carboxylic acids is 3. The molecule has 0 aliphatic carbocycles. The fourth-order valence-electron chi connectivity index (χ4n) is 2.42. The molecule has 2 rings (SSSR count). The summed E-state index contributed by atoms with van der Waals surface area (Å²) in [5.74, 6) is 0.179. The minimum atomic E-state index is -0.624. The summed E-state index contributed by atoms with van der Waals surface area (Å²) in [5, 5.41) is -0.531. The summed E-state index contributed by atoms with van der Waals surface area (Å²) in [6.45, 7) is 3.20. The van der Waals surface area contributed by atoms with Gasteiger partial charge in [-0.15, -0.1) is 0 Å². The SMILES string of the molecule is CC[C@@H](C)OC(=O)CN1C(=O)S/C(=C/c2cc(OC)c(OC)cc2OC)C1=O. The van der Waals surface area contributed by atoms with Gasteiger partial charge in [0.1, 0.15) is 12.3 Å². The van der Waals surface area contributed by atoms with E-state index in [4.69, 9.17) is 18.9 Å². The van der Waals surface area contributed by atoms with Crippen LogP contribution >= 0.6 is 11.8 Å². The van der Waals surface area contributed by atoms with Crippen molar-refractivity contribution in [1.82, 2.24) is 4.90 Å². The summed E-state index contributed by atoms with van der Waals surface area (Å²) in [6, 6.07) is 3.27. The average molecular weight is 409 g/mol. The number of thioether (sulfide) groups is 1. The first-order chi connectivity index (χ1) is 13.3. The predicted molar refractivity (Wildman–Crippen MR) is 105 cm³/mol. The monoisotopic (exact) mass is 409 g/mol. The van der Waals surface area contributed by atoms with E-state index in [2.05, 4.69) is 0 Å². The Balaban J connectivity index is 2.27. The van der Waals surface area contributed by atoms with E-state index in [0.717, 1.165) is 16.7 Å². The molecule has 1 aromatic carbocycles. The zero-order valence-electron chi connectivity index (χ0n) is 16.4. The second-order valence-electron chi connectivity index (χ2n) is 5.93. The van der Waals surface area contributed by atoms with Crippen molar-refractivity contribution in [2.24, 2.45) is 0 Å². The van der Waals surface area contributed by atoms with Crippen molar-refractivity contribution in [1.29, 1.82) is 0 Å². The van der Waals surface area contributed by atoms with Crippen LogP contribution in [0.15, 0.2) is 17.0 Å². The van der Waals surface area contributed by atoms with Gasteiger partial charge in [0.15, 0.2) is 11.5 Å². The molecule has 0 N–H and O–H groups in total. The van der Waals surface area contributed by atoms with Gasteiger partial charge in [-0.25, -0.2) is 0 Å². The molecule has 0 radical (unpaired) electrons. The molecule has 28 heavy (non-hydrogen) atoms. The first-order valence-electron chi connectivity index (χ1n) is 8.59. The topological polar surface area (TPSA) is 91.4 Å². The summed E-state index contributed by atoms with van der Waals surface area (Å²) in [5.41, 5.74) is 0.535. The van der Waals surface area contributed by atoms with Crippen molar-refractivity contribution in [3.05, 3.63) is 22.6 Å². The van der Waals surface area contributed by atoms with E-state index in [1.165, 1.54) is 27.4 Å². The highest BCUT2D eigenvalue weighted by Crippen LogP contribution is 2.38. The van der Waals surface area contributed by atoms with Crippen molar-refractivity contribution in [2.45, 2.75) is 26.4 Å². The number of imide groups is 1. The van der Waals surface area contributed by atoms with Crippen molar-refractivity contribution >= 4 is 35.0 Å². The van der Waals surface area contributed by atoms with Gasteiger partial charge >= 0.3 is 5.97 Å². The predicted octanol–water partition coefficient (Wildman–Crippen LogP) is 3.09. The fraction of sp³-hybridized carbons (Fsp3) is 0.421. The van der Waals surface area contributed by atoms with Crippen LogP contribution < -0.4 is 14.2 Å². The van der Waals surface area contributed by atoms with Gasteiger partial charge in [-0.1, -0.05) is 6.92 Å². The number of rotatable bonds is 8. The van der Waals surface area contributed by atoms with Crippen LogP contribution in [0.1, 0.15) is 25.8 Å². The Kier molecular flexibility index (Phi) is 7.33. The largest absolute Gasteiger partial charge is 0.496 e. The number of amides is 2. The molecule has 0 bridgehead atoms. The van der Waals surface area contributed by atoms with Gasteiger partial charge in [0.05, 0.1) is 32.3 Å². The quantitative estimate of drug-likeness (QED) is 0.478. The number of methoxy groups -OCH3 is 3. The molecule has 9 heteroatoms. The van der Waals surface area contributed by atoms with Crippen molar-refractivity contribution < 1.29 is 33.3 Å². The standard InChI is InChI=1S/C19H23NO7S/c1-6-11(2)27-17(21)10-20-18(22)16(28-19(20)23)8-12-7-14(25-4)15(26-5)9-13(12)24-3/h7-9,11H,6,10H2,1-5H3/b16-8+/t11-/m1/s1. The van der Waals surface area contributed by atoms with Crippen LogP contribution in [0.4, 0.5) is 4.79 Å². The number of hydrogen-bond acceptors (Lipinski definition) is 8. The third-order valence-electron chi connectivity index (χ3n) is 4.09. The molecule has 1 heterocycles. The van der Waals surface area contributed by atoms with Gasteiger partial charge in [-0.05, 0) is 37.2 Å². The smallest absolute Gasteiger partial charge is 0.326 e. The lowest BCUT2D eigenvalue weighted by Gasteiger charge is -2.15. The normalized spacial score (nSPS) is 16.3. The maximum Gasteiger partial charge on any atom is 0.326 e. The number of nitrogens with zero attached hydrogens (tertiary/aromatic N) is 1. The second kappa shape index (κ2) is 9.50. The van der Waals surface area contributed by atoms with Crippen LogP contribution in [0.3, 0.4) is 0 Å². The maximum atomic E-state index is 12.6. The Morgan fingerprint density at radius 2 is 1.71 bits per heavy atom. The van der Waals surface area contributed by atoms with Crippen LogP contribution in [-0.4, -0.2) is 56.0 Å². The Labute approximate surface area is 167 Å². The Hall–Kier alpha value is -2.68. The Morgan fingerprint density at radius 1 is 1.11 bits per heavy atom. The van der Waals surface area contributed by atoms with Crippen LogP contribution in [0.2, 0.25) is 0 Å². The molecular weight excluding hydrogens is 386 g/mol. The molecule has 8 nitrogen and oxygen atoms in total. The molecule has 1 aliphatic rings. The molecule has 1 fully saturated rings. The molecule has 0 aromatic heterocycles. The highest BCUT2D eigenvalue weighted by atomic mass is 32.2. The van der Waals surface area contributed by atoms with E-state index >= 15 is 0 Å². The van der Waals surface area contributed by atoms with Crippen LogP contribution in [-0.2, 0) is 14.3 Å². The van der Waals surface area contributed by atoms with E-state index in [1.54, 1.807) is 19.1 Å². The molecule has 1 atom stereocenters. The summed E-state index contributed by atoms with van der Waals surface area (Å²) in [6.07, 6.45) is 1.89. The van der Waals surface area contributed by atoms with Crippen molar-refractivity contribution in [2.75, 3.05) is 27.9 Å². The Bertz CT molecular complexity index is 806. The van der Waals surface area contributed by atoms with Gasteiger partial charge in [0, 0.05) is 11.6 Å². The minimum Gasteiger partial charge on any atom is -0.496 e. The van der Waals surface area contributed by atoms with Gasteiger partial charge in [-0.3, -0.25) is 19.3 Å². The number of benzene rings is 1. The number of hydrogen-bond donors (Lipinski definition) is 0. The molecular formula is C19H23NO7S. The summed E-state index contributed by atoms with van der Waals surface area (Å²) >= 11 is 0.749. The van der Waals surface area contributed by atoms with E-state index in [0.29, 0.717) is 29.2 Å². The molecule has 0 saturated carbocycles. The van der Waals surface area contributed by atoms with Crippen molar-refractivity contribution in [3.8, 4) is 17.2 Å². The molecule has 1 aliphatic heterocycles. The zero-order chi connectivity index (χ0) is 20.8. The molecule has 2 amide bonds. The summed E-state index contributed by atoms with van der Waals surface area (Å²) in [4.78, 5) is 37.8. The lowest BCUT2D eigenvalue weighted by Crippen LogP contribution is -2.35. The van der Waals surface area contributed by atoms with Gasteiger partial charge in [0.2, 0.25) is 0 Å². The number of carbonyl (C=O) groups is 3. The maximum absolute atomic E-state index is 12.6. The highest BCUT2D eigenvalue weighted by Gasteiger charge is 2.37. The van der Waals surface area contributed by atoms with E-state index in [1.807, 2.05) is 6.92 Å². The van der Waals surface area contributed by atoms with E-state index in [-0.39, 0.29) is 11.0 Å². The van der Waals surface area contributed by atoms with Crippen LogP contribution in [0.25, 0.3) is 6.08 Å². The van der Waals surface area contributed by atoms with Crippen molar-refractivity contribution in [3.63, 3.8) is 0 Å². The summed E-state index contributed by atoms with van der Waals surface area (Å²) in [7, 11) is 4.47. The first kappa shape index (κ1) is 21.6. The molecule has 0 spiro atoms. The number of ether oxygens (including phenoxy) is 4. The molecule has 0 unspecified atom stereocenters. The average Bonchev–Trinajstić information content (AvgIpc) is 2.94. The van der Waals surface area contributed by atoms with Crippen LogP contribution in [0.5, 0.6) is 17.2 Å². The minimum absolute atomic E-state index is 0.173. The fourth-order valence-corrected chi connectivity index (χ4v) is 3.25. The third-order valence-corrected chi connectivity index (χ3v) is 5.00. The number of esters is 1. The molecule has 1 aromatic rings. The third kappa shape index (κ3) is 4.78. The highest BCUT2D eigenvalue weighted by molar-refractivity contribution is 8.18. The van der Waals surface area contributed by atoms with Gasteiger partial charge in [0.25, 0.3) is 11.1 Å². The van der Waals surface area contributed by atoms with E-state index < -0.39 is 23.7 Å². The summed E-state index contributed by atoms with van der Waals surface area (Å²) < 4.78 is 21.0. The first-order valence-corrected chi connectivity index (χ1v) is 9.41. The second-order valence-corrected chi connectivity index (χ2v) is 6.92. The lowest BCUT2D eigenvalue weighted by molar-refractivity contribution is -0.150. The van der Waals surface area contributed by atoms with Crippen LogP contribution in [0, 0.1) is 0 Å². The lowest BCUT2D eigenvalue weighted by atomic mass is 10.1. The molecule has 1 saturated heterocycles. The van der Waals surface area contributed by atoms with Gasteiger partial charge < -0.3 is 18.9 Å². The van der Waals surface area contributed by atoms with E-state index in [9.17, 15) is 14.4 Å².